The van der Waals surface area contributed by atoms with Crippen LogP contribution in [-0.4, -0.2) is 47.5 Å². The molecule has 25 heavy (non-hydrogen) atoms. The van der Waals surface area contributed by atoms with E-state index in [0.717, 1.165) is 28.4 Å². The van der Waals surface area contributed by atoms with Crippen molar-refractivity contribution in [3.8, 4) is 0 Å². The smallest absolute Gasteiger partial charge is 0.242 e. The molecular formula is C19H25BrN4O. The van der Waals surface area contributed by atoms with Crippen LogP contribution in [0.3, 0.4) is 0 Å². The summed E-state index contributed by atoms with van der Waals surface area (Å²) in [6.07, 6.45) is 5.10. The van der Waals surface area contributed by atoms with E-state index in [9.17, 15) is 4.79 Å². The van der Waals surface area contributed by atoms with Crippen LogP contribution in [0.2, 0.25) is 0 Å². The van der Waals surface area contributed by atoms with Crippen LogP contribution in [0.15, 0.2) is 16.7 Å². The quantitative estimate of drug-likeness (QED) is 0.757. The van der Waals surface area contributed by atoms with E-state index in [2.05, 4.69) is 36.4 Å². The van der Waals surface area contributed by atoms with E-state index in [1.54, 1.807) is 0 Å². The first-order valence-corrected chi connectivity index (χ1v) is 10.2. The Morgan fingerprint density at radius 3 is 2.88 bits per heavy atom. The number of fused-ring (bicyclic) bond motifs is 3. The molecule has 3 aliphatic heterocycles. The van der Waals surface area contributed by atoms with Gasteiger partial charge in [0.1, 0.15) is 10.4 Å². The molecule has 1 amide bonds. The molecule has 134 valence electrons. The number of hydrogen-bond donors (Lipinski definition) is 2. The number of carbonyl (C=O) groups is 1. The summed E-state index contributed by atoms with van der Waals surface area (Å²) >= 11 is 3.37. The fourth-order valence-electron chi connectivity index (χ4n) is 5.31. The molecule has 4 heterocycles. The molecule has 6 heteroatoms. The van der Waals surface area contributed by atoms with E-state index < -0.39 is 0 Å². The van der Waals surface area contributed by atoms with Gasteiger partial charge in [0.2, 0.25) is 5.91 Å². The molecule has 0 radical (unpaired) electrons. The summed E-state index contributed by atoms with van der Waals surface area (Å²) in [6, 6.07) is 4.30. The highest BCUT2D eigenvalue weighted by atomic mass is 79.9. The van der Waals surface area contributed by atoms with Gasteiger partial charge < -0.3 is 15.5 Å². The van der Waals surface area contributed by atoms with Crippen molar-refractivity contribution in [3.05, 3.63) is 22.3 Å². The number of pyridine rings is 1. The second-order valence-corrected chi connectivity index (χ2v) is 9.54. The molecule has 2 N–H and O–H groups in total. The fraction of sp³-hybridized carbons (Fsp3) is 0.684. The van der Waals surface area contributed by atoms with Crippen molar-refractivity contribution in [2.24, 2.45) is 17.3 Å². The van der Waals surface area contributed by atoms with E-state index in [4.69, 9.17) is 0 Å². The topological polar surface area (TPSA) is 57.3 Å². The monoisotopic (exact) mass is 404 g/mol. The van der Waals surface area contributed by atoms with Gasteiger partial charge >= 0.3 is 0 Å². The number of piperidine rings is 3. The molecule has 3 saturated heterocycles. The number of aromatic nitrogens is 1. The summed E-state index contributed by atoms with van der Waals surface area (Å²) in [4.78, 5) is 19.8. The molecule has 6 rings (SSSR count). The number of amides is 1. The number of rotatable bonds is 4. The van der Waals surface area contributed by atoms with Crippen LogP contribution in [-0.2, 0) is 4.79 Å². The molecule has 5 nitrogen and oxygen atoms in total. The molecule has 3 atom stereocenters. The Balaban J connectivity index is 1.20. The van der Waals surface area contributed by atoms with Crippen molar-refractivity contribution < 1.29 is 4.79 Å². The zero-order chi connectivity index (χ0) is 17.2. The summed E-state index contributed by atoms with van der Waals surface area (Å²) in [5.74, 6) is 2.62. The SMILES string of the molecule is Cc1ccc(Br)nc1NC(=O)[C@@H]1CC2(CN3CC4CC(C4)C3)CC2N1. The minimum absolute atomic E-state index is 0.0572. The molecule has 0 aromatic carbocycles. The summed E-state index contributed by atoms with van der Waals surface area (Å²) < 4.78 is 0.746. The number of hydrogen-bond acceptors (Lipinski definition) is 4. The van der Waals surface area contributed by atoms with Crippen LogP contribution in [0.25, 0.3) is 0 Å². The van der Waals surface area contributed by atoms with Crippen molar-refractivity contribution in [1.82, 2.24) is 15.2 Å². The average Bonchev–Trinajstić information content (AvgIpc) is 3.09. The van der Waals surface area contributed by atoms with Gasteiger partial charge in [0.25, 0.3) is 0 Å². The predicted molar refractivity (Wildman–Crippen MR) is 100 cm³/mol. The van der Waals surface area contributed by atoms with E-state index in [1.807, 2.05) is 19.1 Å². The highest BCUT2D eigenvalue weighted by Crippen LogP contribution is 2.56. The van der Waals surface area contributed by atoms with Gasteiger partial charge in [-0.15, -0.1) is 0 Å². The van der Waals surface area contributed by atoms with Crippen LogP contribution >= 0.6 is 15.9 Å². The maximum Gasteiger partial charge on any atom is 0.242 e. The summed E-state index contributed by atoms with van der Waals surface area (Å²) in [5, 5.41) is 6.57. The van der Waals surface area contributed by atoms with E-state index >= 15 is 0 Å². The fourth-order valence-corrected chi connectivity index (χ4v) is 5.62. The summed E-state index contributed by atoms with van der Waals surface area (Å²) in [5.41, 5.74) is 1.33. The number of carbonyl (C=O) groups excluding carboxylic acids is 1. The maximum absolute atomic E-state index is 12.7. The summed E-state index contributed by atoms with van der Waals surface area (Å²) in [6.45, 7) is 5.71. The molecule has 5 aliphatic rings. The third-order valence-electron chi connectivity index (χ3n) is 6.73. The minimum Gasteiger partial charge on any atom is -0.309 e. The first-order chi connectivity index (χ1) is 12.0. The second kappa shape index (κ2) is 5.76. The lowest BCUT2D eigenvalue weighted by Crippen LogP contribution is -2.50. The van der Waals surface area contributed by atoms with Gasteiger partial charge in [-0.2, -0.15) is 0 Å². The minimum atomic E-state index is -0.0849. The van der Waals surface area contributed by atoms with Crippen LogP contribution in [0.1, 0.15) is 31.2 Å². The Morgan fingerprint density at radius 1 is 1.36 bits per heavy atom. The molecular weight excluding hydrogens is 380 g/mol. The Bertz CT molecular complexity index is 709. The molecule has 1 aromatic rings. The van der Waals surface area contributed by atoms with E-state index in [1.165, 1.54) is 38.9 Å². The molecule has 2 saturated carbocycles. The molecule has 0 spiro atoms. The lowest BCUT2D eigenvalue weighted by atomic mass is 9.71. The van der Waals surface area contributed by atoms with Crippen LogP contribution in [0.5, 0.6) is 0 Å². The average molecular weight is 405 g/mol. The third-order valence-corrected chi connectivity index (χ3v) is 7.17. The normalized spacial score (nSPS) is 38.8. The van der Waals surface area contributed by atoms with Gasteiger partial charge in [0.05, 0.1) is 6.04 Å². The third kappa shape index (κ3) is 2.92. The summed E-state index contributed by atoms with van der Waals surface area (Å²) in [7, 11) is 0. The first-order valence-electron chi connectivity index (χ1n) is 9.43. The Kier molecular flexibility index (Phi) is 3.74. The van der Waals surface area contributed by atoms with Gasteiger partial charge in [0.15, 0.2) is 0 Å². The largest absolute Gasteiger partial charge is 0.309 e. The first kappa shape index (κ1) is 16.2. The van der Waals surface area contributed by atoms with Gasteiger partial charge in [-0.05, 0) is 72.0 Å². The molecule has 2 unspecified atom stereocenters. The van der Waals surface area contributed by atoms with Crippen LogP contribution < -0.4 is 10.6 Å². The highest BCUT2D eigenvalue weighted by molar-refractivity contribution is 9.10. The molecule has 2 aliphatic carbocycles. The Morgan fingerprint density at radius 2 is 2.12 bits per heavy atom. The number of nitrogens with zero attached hydrogens (tertiary/aromatic N) is 2. The number of halogens is 1. The molecule has 1 aromatic heterocycles. The lowest BCUT2D eigenvalue weighted by molar-refractivity contribution is -0.118. The van der Waals surface area contributed by atoms with Crippen molar-refractivity contribution in [2.45, 2.75) is 44.7 Å². The predicted octanol–water partition coefficient (Wildman–Crippen LogP) is 2.55. The van der Waals surface area contributed by atoms with Crippen LogP contribution in [0.4, 0.5) is 5.82 Å². The maximum atomic E-state index is 12.7. The lowest BCUT2D eigenvalue weighted by Gasteiger charge is -2.48. The van der Waals surface area contributed by atoms with Gasteiger partial charge in [-0.25, -0.2) is 4.98 Å². The van der Waals surface area contributed by atoms with E-state index in [-0.39, 0.29) is 11.9 Å². The number of anilines is 1. The number of aryl methyl sites for hydroxylation is 1. The van der Waals surface area contributed by atoms with Gasteiger partial charge in [0, 0.05) is 31.1 Å². The van der Waals surface area contributed by atoms with Gasteiger partial charge in [-0.1, -0.05) is 6.07 Å². The van der Waals surface area contributed by atoms with Crippen molar-refractivity contribution in [2.75, 3.05) is 25.0 Å². The Hall–Kier alpha value is -0.980. The standard InChI is InChI=1S/C19H25BrN4O/c1-11-2-3-16(20)22-17(11)23-18(25)14-6-19(7-15(19)21-14)10-24-8-12-4-13(5-12)9-24/h2-3,12-15,21H,4-10H2,1H3,(H,22,23,25)/t12?,13?,14-,15?,19?/m0/s1. The zero-order valence-electron chi connectivity index (χ0n) is 14.6. The molecule has 5 fully saturated rings. The van der Waals surface area contributed by atoms with Crippen molar-refractivity contribution in [1.29, 1.82) is 0 Å². The zero-order valence-corrected chi connectivity index (χ0v) is 16.2. The van der Waals surface area contributed by atoms with Crippen LogP contribution in [0, 0.1) is 24.2 Å². The second-order valence-electron chi connectivity index (χ2n) is 8.73. The molecule has 2 bridgehead atoms. The van der Waals surface area contributed by atoms with E-state index in [0.29, 0.717) is 17.3 Å². The number of nitrogens with one attached hydrogen (secondary N) is 2. The van der Waals surface area contributed by atoms with Crippen molar-refractivity contribution >= 4 is 27.7 Å². The highest BCUT2D eigenvalue weighted by Gasteiger charge is 2.62. The van der Waals surface area contributed by atoms with Gasteiger partial charge in [-0.3, -0.25) is 4.79 Å². The Labute approximate surface area is 157 Å². The van der Waals surface area contributed by atoms with Crippen molar-refractivity contribution in [3.63, 3.8) is 0 Å².